The van der Waals surface area contributed by atoms with Gasteiger partial charge < -0.3 is 10.2 Å². The van der Waals surface area contributed by atoms with Crippen LogP contribution in [0.15, 0.2) is 24.8 Å². The number of hydrogen-bond acceptors (Lipinski definition) is 2. The Morgan fingerprint density at radius 3 is 2.55 bits per heavy atom. The van der Waals surface area contributed by atoms with Crippen molar-refractivity contribution in [3.63, 3.8) is 0 Å². The molecule has 0 heterocycles. The first kappa shape index (κ1) is 17.7. The van der Waals surface area contributed by atoms with Crippen molar-refractivity contribution >= 4 is 0 Å². The van der Waals surface area contributed by atoms with Gasteiger partial charge in [-0.1, -0.05) is 45.4 Å². The number of rotatable bonds is 4. The lowest BCUT2D eigenvalue weighted by atomic mass is 9.46. The molecule has 0 saturated heterocycles. The minimum atomic E-state index is -0.813. The molecule has 0 aromatic rings. The maximum Gasteiger partial charge on any atom is 0.0797 e. The van der Waals surface area contributed by atoms with Gasteiger partial charge in [-0.25, -0.2) is 0 Å². The Morgan fingerprint density at radius 1 is 1.32 bits per heavy atom. The highest BCUT2D eigenvalue weighted by Crippen LogP contribution is 2.61. The van der Waals surface area contributed by atoms with E-state index in [4.69, 9.17) is 0 Å². The van der Waals surface area contributed by atoms with E-state index in [1.807, 2.05) is 6.92 Å². The smallest absolute Gasteiger partial charge is 0.0797 e. The summed E-state index contributed by atoms with van der Waals surface area (Å²) in [7, 11) is 0. The summed E-state index contributed by atoms with van der Waals surface area (Å²) in [4.78, 5) is 0. The fraction of sp³-hybridized carbons (Fsp3) is 0.800. The van der Waals surface area contributed by atoms with E-state index in [0.29, 0.717) is 24.7 Å². The zero-order valence-corrected chi connectivity index (χ0v) is 14.9. The van der Waals surface area contributed by atoms with Crippen molar-refractivity contribution in [2.75, 3.05) is 0 Å². The Kier molecular flexibility index (Phi) is 4.68. The molecule has 2 fully saturated rings. The molecule has 2 rings (SSSR count). The molecule has 0 radical (unpaired) electrons. The second-order valence-corrected chi connectivity index (χ2v) is 8.91. The Balaban J connectivity index is 2.28. The average molecular weight is 306 g/mol. The van der Waals surface area contributed by atoms with Gasteiger partial charge in [0, 0.05) is 0 Å². The van der Waals surface area contributed by atoms with E-state index in [2.05, 4.69) is 33.9 Å². The predicted octanol–water partition coefficient (Wildman–Crippen LogP) is 4.47. The minimum absolute atomic E-state index is 0.0910. The van der Waals surface area contributed by atoms with Gasteiger partial charge in [-0.15, -0.1) is 6.58 Å². The topological polar surface area (TPSA) is 40.5 Å². The van der Waals surface area contributed by atoms with E-state index in [0.717, 1.165) is 12.8 Å². The second-order valence-electron chi connectivity index (χ2n) is 8.91. The summed E-state index contributed by atoms with van der Waals surface area (Å²) in [5.41, 5.74) is 0.621. The van der Waals surface area contributed by atoms with Gasteiger partial charge >= 0.3 is 0 Å². The monoisotopic (exact) mass is 306 g/mol. The molecule has 0 aromatic heterocycles. The molecule has 0 amide bonds. The average Bonchev–Trinajstić information content (AvgIpc) is 2.36. The molecule has 2 saturated carbocycles. The van der Waals surface area contributed by atoms with E-state index >= 15 is 0 Å². The van der Waals surface area contributed by atoms with E-state index < -0.39 is 5.60 Å². The normalized spacial score (nSPS) is 40.6. The van der Waals surface area contributed by atoms with Gasteiger partial charge in [-0.05, 0) is 61.7 Å². The van der Waals surface area contributed by atoms with Gasteiger partial charge in [0.15, 0.2) is 0 Å². The van der Waals surface area contributed by atoms with Crippen molar-refractivity contribution in [3.8, 4) is 0 Å². The SMILES string of the molecule is C=C[C@](C)(O)CC[C@H]1C(=C)C[C@H](O)[C@H]2C(C)(C)CCC[C@]12C. The zero-order chi connectivity index (χ0) is 16.8. The van der Waals surface area contributed by atoms with Crippen LogP contribution in [0.5, 0.6) is 0 Å². The van der Waals surface area contributed by atoms with Gasteiger partial charge in [-0.2, -0.15) is 0 Å². The summed E-state index contributed by atoms with van der Waals surface area (Å²) >= 11 is 0. The second kappa shape index (κ2) is 5.79. The lowest BCUT2D eigenvalue weighted by molar-refractivity contribution is -0.123. The van der Waals surface area contributed by atoms with Crippen LogP contribution < -0.4 is 0 Å². The summed E-state index contributed by atoms with van der Waals surface area (Å²) in [6.07, 6.45) is 7.26. The van der Waals surface area contributed by atoms with Gasteiger partial charge in [0.1, 0.15) is 0 Å². The van der Waals surface area contributed by atoms with Gasteiger partial charge in [0.05, 0.1) is 11.7 Å². The molecule has 0 bridgehead atoms. The van der Waals surface area contributed by atoms with Crippen LogP contribution in [0.1, 0.15) is 66.2 Å². The van der Waals surface area contributed by atoms with Gasteiger partial charge in [0.25, 0.3) is 0 Å². The summed E-state index contributed by atoms with van der Waals surface area (Å²) in [5, 5.41) is 21.0. The van der Waals surface area contributed by atoms with Crippen molar-refractivity contribution < 1.29 is 10.2 Å². The van der Waals surface area contributed by atoms with Crippen molar-refractivity contribution in [1.29, 1.82) is 0 Å². The highest BCUT2D eigenvalue weighted by molar-refractivity contribution is 5.18. The molecule has 0 aromatic carbocycles. The summed E-state index contributed by atoms with van der Waals surface area (Å²) in [6, 6.07) is 0. The van der Waals surface area contributed by atoms with Crippen molar-refractivity contribution in [1.82, 2.24) is 0 Å². The van der Waals surface area contributed by atoms with Crippen LogP contribution >= 0.6 is 0 Å². The lowest BCUT2D eigenvalue weighted by Gasteiger charge is -2.59. The molecule has 2 nitrogen and oxygen atoms in total. The molecule has 0 spiro atoms. The highest BCUT2D eigenvalue weighted by Gasteiger charge is 2.56. The van der Waals surface area contributed by atoms with Crippen molar-refractivity contribution in [3.05, 3.63) is 24.8 Å². The van der Waals surface area contributed by atoms with Crippen LogP contribution in [-0.4, -0.2) is 21.9 Å². The standard InChI is InChI=1S/C20H34O2/c1-7-19(5,22)12-9-15-14(2)13-16(21)17-18(3,4)10-8-11-20(15,17)6/h7,15-17,21-22H,1-2,8-13H2,3-6H3/t15-,16-,17-,19-,20+/m0/s1. The molecule has 2 N–H and O–H groups in total. The lowest BCUT2D eigenvalue weighted by Crippen LogP contribution is -2.55. The van der Waals surface area contributed by atoms with Crippen LogP contribution in [0, 0.1) is 22.7 Å². The van der Waals surface area contributed by atoms with Gasteiger partial charge in [0.2, 0.25) is 0 Å². The number of fused-ring (bicyclic) bond motifs is 1. The van der Waals surface area contributed by atoms with Crippen LogP contribution in [0.2, 0.25) is 0 Å². The fourth-order valence-corrected chi connectivity index (χ4v) is 5.55. The summed E-state index contributed by atoms with van der Waals surface area (Å²) < 4.78 is 0. The Morgan fingerprint density at radius 2 is 1.95 bits per heavy atom. The molecular weight excluding hydrogens is 272 g/mol. The van der Waals surface area contributed by atoms with Crippen LogP contribution in [-0.2, 0) is 0 Å². The molecule has 5 atom stereocenters. The van der Waals surface area contributed by atoms with Crippen LogP contribution in [0.4, 0.5) is 0 Å². The molecular formula is C20H34O2. The third-order valence-corrected chi connectivity index (χ3v) is 6.61. The summed E-state index contributed by atoms with van der Waals surface area (Å²) in [5.74, 6) is 0.699. The first-order chi connectivity index (χ1) is 10.0. The zero-order valence-electron chi connectivity index (χ0n) is 14.9. The molecule has 2 aliphatic rings. The third kappa shape index (κ3) is 3.05. The first-order valence-electron chi connectivity index (χ1n) is 8.75. The van der Waals surface area contributed by atoms with E-state index in [1.165, 1.54) is 18.4 Å². The number of hydrogen-bond donors (Lipinski definition) is 2. The van der Waals surface area contributed by atoms with Gasteiger partial charge in [-0.3, -0.25) is 0 Å². The Labute approximate surface area is 136 Å². The summed E-state index contributed by atoms with van der Waals surface area (Å²) in [6.45, 7) is 16.8. The molecule has 0 aliphatic heterocycles. The Hall–Kier alpha value is -0.600. The molecule has 0 unspecified atom stereocenters. The van der Waals surface area contributed by atoms with E-state index in [9.17, 15) is 10.2 Å². The van der Waals surface area contributed by atoms with Crippen LogP contribution in [0.25, 0.3) is 0 Å². The molecule has 22 heavy (non-hydrogen) atoms. The Bertz CT molecular complexity index is 449. The van der Waals surface area contributed by atoms with E-state index in [1.54, 1.807) is 6.08 Å². The highest BCUT2D eigenvalue weighted by atomic mass is 16.3. The third-order valence-electron chi connectivity index (χ3n) is 6.61. The van der Waals surface area contributed by atoms with Crippen molar-refractivity contribution in [2.45, 2.75) is 77.9 Å². The first-order valence-corrected chi connectivity index (χ1v) is 8.75. The fourth-order valence-electron chi connectivity index (χ4n) is 5.55. The molecule has 2 heteroatoms. The quantitative estimate of drug-likeness (QED) is 0.752. The minimum Gasteiger partial charge on any atom is -0.392 e. The number of aliphatic hydroxyl groups excluding tert-OH is 1. The van der Waals surface area contributed by atoms with Crippen molar-refractivity contribution in [2.24, 2.45) is 22.7 Å². The predicted molar refractivity (Wildman–Crippen MR) is 92.5 cm³/mol. The largest absolute Gasteiger partial charge is 0.392 e. The molecule has 126 valence electrons. The maximum atomic E-state index is 10.7. The molecule has 2 aliphatic carbocycles. The maximum absolute atomic E-state index is 10.7. The number of aliphatic hydroxyl groups is 2. The van der Waals surface area contributed by atoms with E-state index in [-0.39, 0.29) is 16.9 Å². The van der Waals surface area contributed by atoms with Crippen LogP contribution in [0.3, 0.4) is 0 Å².